The number of aromatic amines is 1. The van der Waals surface area contributed by atoms with Crippen LogP contribution in [0.5, 0.6) is 5.75 Å². The standard InChI is InChI=1S/C21H21N3O3/c25-18-5-3-4-16-20(18)17(12-22-21(16)27)14-6-8-15(9-7-14)23-19(26)13-24-10-1-2-11-24/h3-9,12,25H,1-2,10-11,13H2,(H,22,27)(H,23,26). The number of aromatic hydroxyl groups is 1. The zero-order valence-corrected chi connectivity index (χ0v) is 14.9. The topological polar surface area (TPSA) is 85.4 Å². The minimum absolute atomic E-state index is 0.0169. The van der Waals surface area contributed by atoms with Crippen LogP contribution in [0.4, 0.5) is 5.69 Å². The summed E-state index contributed by atoms with van der Waals surface area (Å²) >= 11 is 0. The Morgan fingerprint density at radius 2 is 1.85 bits per heavy atom. The van der Waals surface area contributed by atoms with Gasteiger partial charge in [-0.1, -0.05) is 18.2 Å². The predicted octanol–water partition coefficient (Wildman–Crippen LogP) is 2.94. The monoisotopic (exact) mass is 363 g/mol. The van der Waals surface area contributed by atoms with Crippen LogP contribution in [0.25, 0.3) is 21.9 Å². The zero-order chi connectivity index (χ0) is 18.8. The number of likely N-dealkylation sites (tertiary alicyclic amines) is 1. The van der Waals surface area contributed by atoms with Crippen molar-refractivity contribution in [2.75, 3.05) is 25.0 Å². The molecule has 1 fully saturated rings. The first kappa shape index (κ1) is 17.3. The number of aromatic nitrogens is 1. The smallest absolute Gasteiger partial charge is 0.255 e. The molecule has 3 N–H and O–H groups in total. The van der Waals surface area contributed by atoms with Gasteiger partial charge in [0, 0.05) is 22.8 Å². The summed E-state index contributed by atoms with van der Waals surface area (Å²) in [4.78, 5) is 29.0. The number of nitrogens with zero attached hydrogens (tertiary/aromatic N) is 1. The maximum absolute atomic E-state index is 12.2. The van der Waals surface area contributed by atoms with Crippen LogP contribution in [-0.2, 0) is 4.79 Å². The van der Waals surface area contributed by atoms with Crippen molar-refractivity contribution in [3.8, 4) is 16.9 Å². The van der Waals surface area contributed by atoms with Gasteiger partial charge in [-0.2, -0.15) is 0 Å². The van der Waals surface area contributed by atoms with Crippen molar-refractivity contribution in [1.29, 1.82) is 0 Å². The number of phenols is 1. The Morgan fingerprint density at radius 1 is 1.11 bits per heavy atom. The van der Waals surface area contributed by atoms with Gasteiger partial charge in [0.05, 0.1) is 11.9 Å². The van der Waals surface area contributed by atoms with Crippen molar-refractivity contribution >= 4 is 22.4 Å². The SMILES string of the molecule is O=C(CN1CCCC1)Nc1ccc(-c2c[nH]c(=O)c3cccc(O)c23)cc1. The fraction of sp³-hybridized carbons (Fsp3) is 0.238. The highest BCUT2D eigenvalue weighted by Crippen LogP contribution is 2.32. The molecule has 6 nitrogen and oxygen atoms in total. The van der Waals surface area contributed by atoms with Crippen LogP contribution in [0.15, 0.2) is 53.5 Å². The van der Waals surface area contributed by atoms with Gasteiger partial charge in [-0.15, -0.1) is 0 Å². The number of rotatable bonds is 4. The van der Waals surface area contributed by atoms with E-state index in [-0.39, 0.29) is 17.2 Å². The van der Waals surface area contributed by atoms with Crippen molar-refractivity contribution in [1.82, 2.24) is 9.88 Å². The molecule has 4 rings (SSSR count). The lowest BCUT2D eigenvalue weighted by molar-refractivity contribution is -0.117. The Bertz CT molecular complexity index is 1030. The van der Waals surface area contributed by atoms with Crippen molar-refractivity contribution in [3.63, 3.8) is 0 Å². The van der Waals surface area contributed by atoms with Gasteiger partial charge < -0.3 is 15.4 Å². The third-order valence-electron chi connectivity index (χ3n) is 4.95. The van der Waals surface area contributed by atoms with Gasteiger partial charge >= 0.3 is 0 Å². The average Bonchev–Trinajstić information content (AvgIpc) is 3.16. The molecule has 0 atom stereocenters. The van der Waals surface area contributed by atoms with Crippen LogP contribution >= 0.6 is 0 Å². The summed E-state index contributed by atoms with van der Waals surface area (Å²) in [6.07, 6.45) is 3.91. The van der Waals surface area contributed by atoms with Gasteiger partial charge in [-0.3, -0.25) is 14.5 Å². The molecule has 1 amide bonds. The second kappa shape index (κ2) is 7.25. The third-order valence-corrected chi connectivity index (χ3v) is 4.95. The zero-order valence-electron chi connectivity index (χ0n) is 14.9. The van der Waals surface area contributed by atoms with E-state index in [1.54, 1.807) is 24.4 Å². The molecule has 0 spiro atoms. The van der Waals surface area contributed by atoms with Crippen LogP contribution in [0.3, 0.4) is 0 Å². The molecule has 0 saturated carbocycles. The van der Waals surface area contributed by atoms with Crippen LogP contribution in [0.2, 0.25) is 0 Å². The second-order valence-electron chi connectivity index (χ2n) is 6.84. The van der Waals surface area contributed by atoms with E-state index >= 15 is 0 Å². The molecule has 2 aromatic carbocycles. The van der Waals surface area contributed by atoms with E-state index in [4.69, 9.17) is 0 Å². The molecule has 138 valence electrons. The molecular weight excluding hydrogens is 342 g/mol. The van der Waals surface area contributed by atoms with Gasteiger partial charge in [0.15, 0.2) is 0 Å². The van der Waals surface area contributed by atoms with E-state index in [0.29, 0.717) is 17.3 Å². The molecule has 0 unspecified atom stereocenters. The predicted molar refractivity (Wildman–Crippen MR) is 106 cm³/mol. The molecule has 1 aromatic heterocycles. The number of H-pyrrole nitrogens is 1. The second-order valence-corrected chi connectivity index (χ2v) is 6.84. The quantitative estimate of drug-likeness (QED) is 0.665. The fourth-order valence-corrected chi connectivity index (χ4v) is 3.61. The number of pyridine rings is 1. The van der Waals surface area contributed by atoms with Crippen LogP contribution in [0, 0.1) is 0 Å². The number of hydrogen-bond donors (Lipinski definition) is 3. The number of nitrogens with one attached hydrogen (secondary N) is 2. The third kappa shape index (κ3) is 3.57. The molecule has 2 heterocycles. The maximum Gasteiger partial charge on any atom is 0.255 e. The Hall–Kier alpha value is -3.12. The molecule has 1 aliphatic rings. The number of anilines is 1. The van der Waals surface area contributed by atoms with Gasteiger partial charge in [-0.05, 0) is 55.8 Å². The van der Waals surface area contributed by atoms with Gasteiger partial charge in [-0.25, -0.2) is 0 Å². The highest BCUT2D eigenvalue weighted by Gasteiger charge is 2.15. The molecule has 0 radical (unpaired) electrons. The van der Waals surface area contributed by atoms with E-state index < -0.39 is 0 Å². The number of carbonyl (C=O) groups excluding carboxylic acids is 1. The first-order valence-electron chi connectivity index (χ1n) is 9.08. The van der Waals surface area contributed by atoms with Gasteiger partial charge in [0.25, 0.3) is 5.56 Å². The number of phenolic OH excluding ortho intramolecular Hbond substituents is 1. The number of benzene rings is 2. The van der Waals surface area contributed by atoms with Crippen LogP contribution in [0.1, 0.15) is 12.8 Å². The minimum Gasteiger partial charge on any atom is -0.507 e. The van der Waals surface area contributed by atoms with Crippen molar-refractivity contribution in [3.05, 3.63) is 59.0 Å². The van der Waals surface area contributed by atoms with Crippen molar-refractivity contribution in [2.45, 2.75) is 12.8 Å². The van der Waals surface area contributed by atoms with E-state index in [1.165, 1.54) is 0 Å². The summed E-state index contributed by atoms with van der Waals surface area (Å²) in [7, 11) is 0. The summed E-state index contributed by atoms with van der Waals surface area (Å²) in [5, 5.41) is 14.1. The number of carbonyl (C=O) groups is 1. The fourth-order valence-electron chi connectivity index (χ4n) is 3.61. The first-order chi connectivity index (χ1) is 13.1. The molecule has 1 aliphatic heterocycles. The number of hydrogen-bond acceptors (Lipinski definition) is 4. The first-order valence-corrected chi connectivity index (χ1v) is 9.08. The largest absolute Gasteiger partial charge is 0.507 e. The van der Waals surface area contributed by atoms with Gasteiger partial charge in [0.2, 0.25) is 5.91 Å². The summed E-state index contributed by atoms with van der Waals surface area (Å²) in [6, 6.07) is 12.3. The van der Waals surface area contributed by atoms with E-state index in [1.807, 2.05) is 24.3 Å². The van der Waals surface area contributed by atoms with E-state index in [9.17, 15) is 14.7 Å². The van der Waals surface area contributed by atoms with Gasteiger partial charge in [0.1, 0.15) is 5.75 Å². The minimum atomic E-state index is -0.240. The lowest BCUT2D eigenvalue weighted by Crippen LogP contribution is -2.30. The summed E-state index contributed by atoms with van der Waals surface area (Å²) in [5.41, 5.74) is 2.06. The lowest BCUT2D eigenvalue weighted by atomic mass is 10.00. The summed E-state index contributed by atoms with van der Waals surface area (Å²) < 4.78 is 0. The molecular formula is C21H21N3O3. The average molecular weight is 363 g/mol. The Kier molecular flexibility index (Phi) is 4.64. The molecule has 0 aliphatic carbocycles. The Labute approximate surface area is 156 Å². The van der Waals surface area contributed by atoms with Crippen LogP contribution < -0.4 is 10.9 Å². The van der Waals surface area contributed by atoms with Crippen LogP contribution in [-0.4, -0.2) is 40.5 Å². The molecule has 6 heteroatoms. The lowest BCUT2D eigenvalue weighted by Gasteiger charge is -2.14. The molecule has 1 saturated heterocycles. The maximum atomic E-state index is 12.2. The van der Waals surface area contributed by atoms with E-state index in [0.717, 1.165) is 42.7 Å². The normalized spacial score (nSPS) is 14.5. The molecule has 3 aromatic rings. The Balaban J connectivity index is 1.58. The van der Waals surface area contributed by atoms with E-state index in [2.05, 4.69) is 15.2 Å². The van der Waals surface area contributed by atoms with Crippen molar-refractivity contribution < 1.29 is 9.90 Å². The highest BCUT2D eigenvalue weighted by molar-refractivity contribution is 6.00. The van der Waals surface area contributed by atoms with Crippen molar-refractivity contribution in [2.24, 2.45) is 0 Å². The molecule has 0 bridgehead atoms. The number of amides is 1. The highest BCUT2D eigenvalue weighted by atomic mass is 16.3. The Morgan fingerprint density at radius 3 is 2.59 bits per heavy atom. The summed E-state index contributed by atoms with van der Waals surface area (Å²) in [5.74, 6) is 0.0494. The summed E-state index contributed by atoms with van der Waals surface area (Å²) in [6.45, 7) is 2.38. The number of fused-ring (bicyclic) bond motifs is 1. The molecule has 27 heavy (non-hydrogen) atoms.